The summed E-state index contributed by atoms with van der Waals surface area (Å²) >= 11 is 0. The highest BCUT2D eigenvalue weighted by molar-refractivity contribution is 5.38. The van der Waals surface area contributed by atoms with Gasteiger partial charge in [-0.2, -0.15) is 0 Å². The van der Waals surface area contributed by atoms with Gasteiger partial charge in [-0.25, -0.2) is 0 Å². The summed E-state index contributed by atoms with van der Waals surface area (Å²) in [6.45, 7) is 0. The fraction of sp³-hybridized carbons (Fsp3) is 0. The molecule has 57 valence electrons. The van der Waals surface area contributed by atoms with Gasteiger partial charge in [0.15, 0.2) is 0 Å². The van der Waals surface area contributed by atoms with Crippen molar-refractivity contribution >= 4 is 5.82 Å². The largest absolute Gasteiger partial charge is 0.482 e. The average Bonchev–Trinajstić information content (AvgIpc) is 2.04. The van der Waals surface area contributed by atoms with Gasteiger partial charge < -0.3 is 14.9 Å². The Balaban J connectivity index is 3.12. The summed E-state index contributed by atoms with van der Waals surface area (Å²) in [5.74, 6) is -0.250. The number of hydrogen-bond donors (Lipinski definition) is 0. The van der Waals surface area contributed by atoms with Crippen LogP contribution in [0.1, 0.15) is 0 Å². The van der Waals surface area contributed by atoms with E-state index in [1.54, 1.807) is 0 Å². The van der Waals surface area contributed by atoms with Gasteiger partial charge in [-0.05, 0) is 22.0 Å². The second-order valence-corrected chi connectivity index (χ2v) is 1.73. The summed E-state index contributed by atoms with van der Waals surface area (Å²) in [7, 11) is 3.05. The number of nitrogens with zero attached hydrogens (tertiary/aromatic N) is 2. The summed E-state index contributed by atoms with van der Waals surface area (Å²) in [6, 6.07) is 2.96. The van der Waals surface area contributed by atoms with E-state index in [1.165, 1.54) is 18.3 Å². The van der Waals surface area contributed by atoms with Gasteiger partial charge in [0.25, 0.3) is 0 Å². The van der Waals surface area contributed by atoms with Gasteiger partial charge in [0, 0.05) is 0 Å². The first-order valence-corrected chi connectivity index (χ1v) is 2.77. The zero-order chi connectivity index (χ0) is 8.27. The third kappa shape index (κ3) is 1.43. The maximum Gasteiger partial charge on any atom is 0.406 e. The van der Waals surface area contributed by atoms with Crippen LogP contribution in [0.15, 0.2) is 18.3 Å². The summed E-state index contributed by atoms with van der Waals surface area (Å²) in [4.78, 5) is 13.1. The van der Waals surface area contributed by atoms with Crippen LogP contribution in [-0.4, -0.2) is 9.91 Å². The molecule has 5 heteroatoms. The van der Waals surface area contributed by atoms with Crippen LogP contribution in [-0.2, 0) is 0 Å². The molecule has 0 N–H and O–H groups in total. The number of pyridine rings is 1. The lowest BCUT2D eigenvalue weighted by Crippen LogP contribution is -1.94. The molecule has 0 atom stereocenters. The summed E-state index contributed by atoms with van der Waals surface area (Å²) in [6.07, 6.45) is 1.32. The van der Waals surface area contributed by atoms with Crippen LogP contribution in [0.2, 0.25) is 0 Å². The van der Waals surface area contributed by atoms with Gasteiger partial charge in [-0.1, -0.05) is 0 Å². The molecule has 0 aliphatic carbocycles. The van der Waals surface area contributed by atoms with Gasteiger partial charge in [-0.3, -0.25) is 0 Å². The topological polar surface area (TPSA) is 65.3 Å². The number of hydrogen-bond acceptors (Lipinski definition) is 4. The molecule has 1 radical (unpaired) electrons. The van der Waals surface area contributed by atoms with Gasteiger partial charge in [0.1, 0.15) is 13.3 Å². The first kappa shape index (κ1) is 7.46. The molecule has 1 aromatic heterocycles. The van der Waals surface area contributed by atoms with Crippen LogP contribution < -0.4 is 4.74 Å². The van der Waals surface area contributed by atoms with E-state index in [2.05, 4.69) is 16.8 Å². The lowest BCUT2D eigenvalue weighted by Gasteiger charge is -1.97. The molecule has 0 bridgehead atoms. The molecule has 1 rings (SSSR count). The minimum absolute atomic E-state index is 0.0671. The van der Waals surface area contributed by atoms with E-state index in [-0.39, 0.29) is 11.6 Å². The fourth-order valence-corrected chi connectivity index (χ4v) is 0.632. The van der Waals surface area contributed by atoms with E-state index in [1.807, 2.05) is 0 Å². The van der Waals surface area contributed by atoms with Crippen LogP contribution in [0, 0.1) is 17.2 Å². The third-order valence-corrected chi connectivity index (χ3v) is 1.08. The second-order valence-electron chi connectivity index (χ2n) is 1.73. The van der Waals surface area contributed by atoms with E-state index >= 15 is 0 Å². The molecule has 0 aromatic carbocycles. The molecule has 11 heavy (non-hydrogen) atoms. The van der Waals surface area contributed by atoms with Crippen LogP contribution in [0.5, 0.6) is 5.75 Å². The molecule has 0 spiro atoms. The Morgan fingerprint density at radius 1 is 1.73 bits per heavy atom. The summed E-state index contributed by atoms with van der Waals surface area (Å²) in [5, 5.41) is 10.2. The van der Waals surface area contributed by atoms with Crippen LogP contribution >= 0.6 is 0 Å². The van der Waals surface area contributed by atoms with Crippen molar-refractivity contribution in [1.82, 2.24) is 4.98 Å². The highest BCUT2D eigenvalue weighted by atomic mass is 16.6. The maximum absolute atomic E-state index is 10.2. The van der Waals surface area contributed by atoms with Crippen molar-refractivity contribution in [2.75, 3.05) is 0 Å². The van der Waals surface area contributed by atoms with Crippen molar-refractivity contribution in [2.24, 2.45) is 0 Å². The molecular formula is C6H5N2O3. The molecule has 1 aromatic rings. The molecule has 0 aliphatic rings. The van der Waals surface area contributed by atoms with Crippen LogP contribution in [0.25, 0.3) is 0 Å². The van der Waals surface area contributed by atoms with E-state index in [4.69, 9.17) is 0 Å². The predicted molar refractivity (Wildman–Crippen MR) is 36.9 cm³/mol. The van der Waals surface area contributed by atoms with E-state index < -0.39 is 4.92 Å². The Labute approximate surface area is 62.8 Å². The molecule has 0 unspecified atom stereocenters. The van der Waals surface area contributed by atoms with E-state index in [0.29, 0.717) is 0 Å². The van der Waals surface area contributed by atoms with Crippen molar-refractivity contribution in [2.45, 2.75) is 0 Å². The van der Waals surface area contributed by atoms with Crippen LogP contribution in [0.3, 0.4) is 0 Å². The van der Waals surface area contributed by atoms with E-state index in [9.17, 15) is 10.1 Å². The van der Waals surface area contributed by atoms with Gasteiger partial charge >= 0.3 is 5.82 Å². The Hall–Kier alpha value is -1.65. The van der Waals surface area contributed by atoms with Gasteiger partial charge in [0.2, 0.25) is 5.75 Å². The normalized spacial score (nSPS) is 9.18. The first-order valence-electron chi connectivity index (χ1n) is 2.77. The van der Waals surface area contributed by atoms with Crippen molar-refractivity contribution in [1.29, 1.82) is 0 Å². The monoisotopic (exact) mass is 153 g/mol. The molecule has 5 nitrogen and oxygen atoms in total. The molecule has 0 amide bonds. The highest BCUT2D eigenvalue weighted by Gasteiger charge is 2.13. The number of aromatic nitrogens is 1. The lowest BCUT2D eigenvalue weighted by atomic mass is 10.4. The summed E-state index contributed by atoms with van der Waals surface area (Å²) in [5.41, 5.74) is 0. The Morgan fingerprint density at radius 3 is 2.91 bits per heavy atom. The van der Waals surface area contributed by atoms with Crippen molar-refractivity contribution in [3.05, 3.63) is 35.6 Å². The SMILES string of the molecule is [CH2]Oc1cccnc1[N+](=O)[O-]. The van der Waals surface area contributed by atoms with Crippen molar-refractivity contribution in [3.63, 3.8) is 0 Å². The number of rotatable bonds is 2. The van der Waals surface area contributed by atoms with Gasteiger partial charge in [-0.15, -0.1) is 0 Å². The zero-order valence-corrected chi connectivity index (χ0v) is 5.56. The van der Waals surface area contributed by atoms with Gasteiger partial charge in [0.05, 0.1) is 0 Å². The first-order chi connectivity index (χ1) is 5.25. The zero-order valence-electron chi connectivity index (χ0n) is 5.56. The maximum atomic E-state index is 10.2. The molecular weight excluding hydrogens is 148 g/mol. The molecule has 0 saturated heterocycles. The second kappa shape index (κ2) is 2.96. The Kier molecular flexibility index (Phi) is 2.00. The Morgan fingerprint density at radius 2 is 2.45 bits per heavy atom. The molecule has 0 fully saturated rings. The lowest BCUT2D eigenvalue weighted by molar-refractivity contribution is -0.390. The minimum atomic E-state index is -0.624. The highest BCUT2D eigenvalue weighted by Crippen LogP contribution is 2.21. The molecule has 1 heterocycles. The average molecular weight is 153 g/mol. The van der Waals surface area contributed by atoms with Crippen LogP contribution in [0.4, 0.5) is 5.82 Å². The molecule has 0 aliphatic heterocycles. The number of nitro groups is 1. The fourth-order valence-electron chi connectivity index (χ4n) is 0.632. The Bertz CT molecular complexity index is 274. The quantitative estimate of drug-likeness (QED) is 0.472. The summed E-state index contributed by atoms with van der Waals surface area (Å²) < 4.78 is 4.45. The third-order valence-electron chi connectivity index (χ3n) is 1.08. The molecule has 0 saturated carbocycles. The number of ether oxygens (including phenoxy) is 1. The van der Waals surface area contributed by atoms with E-state index in [0.717, 1.165) is 0 Å². The standard InChI is InChI=1S/C6H5N2O3/c1-11-5-3-2-4-7-6(5)8(9)10/h2-4H,1H2. The van der Waals surface area contributed by atoms with Crippen molar-refractivity contribution in [3.8, 4) is 5.75 Å². The smallest absolute Gasteiger partial charge is 0.406 e. The predicted octanol–water partition coefficient (Wildman–Crippen LogP) is 1.16. The van der Waals surface area contributed by atoms with Crippen molar-refractivity contribution < 1.29 is 9.66 Å². The minimum Gasteiger partial charge on any atom is -0.482 e.